The molecule has 0 unspecified atom stereocenters. The van der Waals surface area contributed by atoms with Gasteiger partial charge in [0, 0.05) is 24.1 Å². The standard InChI is InChI=1S/C15H17F2N3O3S2/c1-23-7-6-18-15-20-13(22)11(25-15)8-12(21)19-9-2-4-10(5-3-9)24-14(16)17/h2-5,11,14H,6-8H2,1H3,(H,19,21)(H,18,20,22)/t11-/m1/s1. The highest BCUT2D eigenvalue weighted by molar-refractivity contribution is 8.15. The number of ether oxygens (including phenoxy) is 1. The van der Waals surface area contributed by atoms with Crippen molar-refractivity contribution in [3.05, 3.63) is 24.3 Å². The maximum atomic E-state index is 12.3. The largest absolute Gasteiger partial charge is 0.383 e. The Morgan fingerprint density at radius 2 is 2.16 bits per heavy atom. The van der Waals surface area contributed by atoms with Crippen LogP contribution in [0.3, 0.4) is 0 Å². The summed E-state index contributed by atoms with van der Waals surface area (Å²) < 4.78 is 29.4. The van der Waals surface area contributed by atoms with Gasteiger partial charge in [0.1, 0.15) is 5.25 Å². The Morgan fingerprint density at radius 3 is 2.80 bits per heavy atom. The first kappa shape index (κ1) is 19.7. The molecule has 0 saturated carbocycles. The van der Waals surface area contributed by atoms with Crippen LogP contribution in [0.2, 0.25) is 0 Å². The number of methoxy groups -OCH3 is 1. The minimum Gasteiger partial charge on any atom is -0.383 e. The van der Waals surface area contributed by atoms with Crippen molar-refractivity contribution in [2.45, 2.75) is 22.3 Å². The Hall–Kier alpha value is -1.65. The van der Waals surface area contributed by atoms with Crippen molar-refractivity contribution in [2.75, 3.05) is 25.6 Å². The van der Waals surface area contributed by atoms with Crippen LogP contribution in [0.1, 0.15) is 6.42 Å². The van der Waals surface area contributed by atoms with Crippen molar-refractivity contribution in [2.24, 2.45) is 4.99 Å². The third-order valence-electron chi connectivity index (χ3n) is 3.06. The lowest BCUT2D eigenvalue weighted by molar-refractivity contribution is -0.122. The van der Waals surface area contributed by atoms with E-state index >= 15 is 0 Å². The first-order valence-corrected chi connectivity index (χ1v) is 9.09. The summed E-state index contributed by atoms with van der Waals surface area (Å²) in [5, 5.41) is 5.20. The smallest absolute Gasteiger partial charge is 0.288 e. The highest BCUT2D eigenvalue weighted by atomic mass is 32.2. The number of nitrogens with one attached hydrogen (secondary N) is 2. The van der Waals surface area contributed by atoms with E-state index in [1.54, 1.807) is 19.2 Å². The molecule has 0 aromatic heterocycles. The Bertz CT molecular complexity index is 641. The van der Waals surface area contributed by atoms with Gasteiger partial charge in [0.05, 0.1) is 13.2 Å². The average Bonchev–Trinajstić information content (AvgIpc) is 2.89. The minimum absolute atomic E-state index is 0.00661. The molecule has 1 saturated heterocycles. The molecule has 1 aliphatic rings. The summed E-state index contributed by atoms with van der Waals surface area (Å²) in [5.41, 5.74) is 0.487. The Kier molecular flexibility index (Phi) is 7.66. The first-order chi connectivity index (χ1) is 12.0. The van der Waals surface area contributed by atoms with E-state index in [9.17, 15) is 18.4 Å². The second kappa shape index (κ2) is 9.73. The molecule has 2 amide bonds. The fourth-order valence-electron chi connectivity index (χ4n) is 1.95. The van der Waals surface area contributed by atoms with Gasteiger partial charge in [-0.2, -0.15) is 8.78 Å². The van der Waals surface area contributed by atoms with E-state index in [0.29, 0.717) is 40.7 Å². The lowest BCUT2D eigenvalue weighted by Crippen LogP contribution is -2.28. The average molecular weight is 389 g/mol. The Labute approximate surface area is 152 Å². The number of nitrogens with zero attached hydrogens (tertiary/aromatic N) is 1. The SMILES string of the molecule is COCCN=C1NC(=O)[C@@H](CC(=O)Nc2ccc(SC(F)F)cc2)S1. The van der Waals surface area contributed by atoms with Crippen LogP contribution in [-0.4, -0.2) is 48.3 Å². The van der Waals surface area contributed by atoms with Gasteiger partial charge in [0.15, 0.2) is 5.17 Å². The van der Waals surface area contributed by atoms with Crippen molar-refractivity contribution >= 4 is 46.2 Å². The van der Waals surface area contributed by atoms with Crippen molar-refractivity contribution in [1.29, 1.82) is 0 Å². The van der Waals surface area contributed by atoms with Gasteiger partial charge in [0.25, 0.3) is 5.76 Å². The van der Waals surface area contributed by atoms with E-state index in [2.05, 4.69) is 15.6 Å². The maximum Gasteiger partial charge on any atom is 0.288 e. The predicted octanol–water partition coefficient (Wildman–Crippen LogP) is 2.56. The zero-order chi connectivity index (χ0) is 18.2. The van der Waals surface area contributed by atoms with Crippen LogP contribution in [0, 0.1) is 0 Å². The number of amidine groups is 1. The monoisotopic (exact) mass is 389 g/mol. The van der Waals surface area contributed by atoms with Crippen LogP contribution in [0.5, 0.6) is 0 Å². The number of aliphatic imine (C=N–C) groups is 1. The van der Waals surface area contributed by atoms with Gasteiger partial charge in [-0.1, -0.05) is 23.5 Å². The zero-order valence-electron chi connectivity index (χ0n) is 13.3. The lowest BCUT2D eigenvalue weighted by Gasteiger charge is -2.08. The molecule has 25 heavy (non-hydrogen) atoms. The topological polar surface area (TPSA) is 79.8 Å². The second-order valence-corrected chi connectivity index (χ2v) is 7.19. The van der Waals surface area contributed by atoms with Gasteiger partial charge in [-0.05, 0) is 24.3 Å². The highest BCUT2D eigenvalue weighted by Crippen LogP contribution is 2.27. The number of carbonyl (C=O) groups is 2. The summed E-state index contributed by atoms with van der Waals surface area (Å²) in [6.45, 7) is 0.881. The molecule has 1 aromatic rings. The van der Waals surface area contributed by atoms with Gasteiger partial charge >= 0.3 is 0 Å². The summed E-state index contributed by atoms with van der Waals surface area (Å²) in [5.74, 6) is -3.09. The van der Waals surface area contributed by atoms with Crippen molar-refractivity contribution in [3.8, 4) is 0 Å². The van der Waals surface area contributed by atoms with E-state index in [4.69, 9.17) is 4.74 Å². The molecule has 0 spiro atoms. The molecule has 2 N–H and O–H groups in total. The van der Waals surface area contributed by atoms with Gasteiger partial charge in [0.2, 0.25) is 11.8 Å². The predicted molar refractivity (Wildman–Crippen MR) is 95.2 cm³/mol. The second-order valence-electron chi connectivity index (χ2n) is 4.93. The number of hydrogen-bond acceptors (Lipinski definition) is 6. The van der Waals surface area contributed by atoms with Crippen molar-refractivity contribution in [3.63, 3.8) is 0 Å². The number of carbonyl (C=O) groups excluding carboxylic acids is 2. The minimum atomic E-state index is -2.49. The molecular formula is C15H17F2N3O3S2. The fourth-order valence-corrected chi connectivity index (χ4v) is 3.45. The van der Waals surface area contributed by atoms with Gasteiger partial charge in [-0.15, -0.1) is 0 Å². The highest BCUT2D eigenvalue weighted by Gasteiger charge is 2.31. The summed E-state index contributed by atoms with van der Waals surface area (Å²) in [4.78, 5) is 28.5. The Balaban J connectivity index is 1.83. The third-order valence-corrected chi connectivity index (χ3v) is 4.90. The molecule has 136 valence electrons. The number of halogens is 2. The number of amides is 2. The van der Waals surface area contributed by atoms with Crippen LogP contribution in [0.25, 0.3) is 0 Å². The van der Waals surface area contributed by atoms with E-state index in [1.807, 2.05) is 0 Å². The molecule has 1 aromatic carbocycles. The molecular weight excluding hydrogens is 372 g/mol. The lowest BCUT2D eigenvalue weighted by atomic mass is 10.2. The van der Waals surface area contributed by atoms with Crippen LogP contribution < -0.4 is 10.6 Å². The normalized spacial score (nSPS) is 18.6. The molecule has 2 rings (SSSR count). The number of hydrogen-bond donors (Lipinski definition) is 2. The molecule has 1 aliphatic heterocycles. The van der Waals surface area contributed by atoms with E-state index in [0.717, 1.165) is 0 Å². The summed E-state index contributed by atoms with van der Waals surface area (Å²) in [6, 6.07) is 6.10. The van der Waals surface area contributed by atoms with Crippen molar-refractivity contribution < 1.29 is 23.1 Å². The van der Waals surface area contributed by atoms with Crippen LogP contribution in [-0.2, 0) is 14.3 Å². The molecule has 1 atom stereocenters. The van der Waals surface area contributed by atoms with Gasteiger partial charge < -0.3 is 15.4 Å². The van der Waals surface area contributed by atoms with Gasteiger partial charge in [-0.3, -0.25) is 14.6 Å². The van der Waals surface area contributed by atoms with Gasteiger partial charge in [-0.25, -0.2) is 0 Å². The van der Waals surface area contributed by atoms with E-state index in [-0.39, 0.29) is 18.2 Å². The van der Waals surface area contributed by atoms with Crippen LogP contribution in [0.4, 0.5) is 14.5 Å². The van der Waals surface area contributed by atoms with E-state index in [1.165, 1.54) is 23.9 Å². The molecule has 0 radical (unpaired) electrons. The molecule has 10 heteroatoms. The van der Waals surface area contributed by atoms with Crippen LogP contribution in [0.15, 0.2) is 34.2 Å². The maximum absolute atomic E-state index is 12.3. The number of anilines is 1. The zero-order valence-corrected chi connectivity index (χ0v) is 15.0. The molecule has 0 bridgehead atoms. The number of rotatable bonds is 8. The summed E-state index contributed by atoms with van der Waals surface area (Å²) in [6.07, 6.45) is -0.00661. The van der Waals surface area contributed by atoms with E-state index < -0.39 is 11.0 Å². The summed E-state index contributed by atoms with van der Waals surface area (Å²) in [7, 11) is 1.56. The third kappa shape index (κ3) is 6.63. The van der Waals surface area contributed by atoms with Crippen molar-refractivity contribution in [1.82, 2.24) is 5.32 Å². The first-order valence-electron chi connectivity index (χ1n) is 7.33. The Morgan fingerprint density at radius 1 is 1.44 bits per heavy atom. The number of thioether (sulfide) groups is 2. The quantitative estimate of drug-likeness (QED) is 0.528. The number of benzene rings is 1. The number of alkyl halides is 2. The molecule has 1 fully saturated rings. The summed E-state index contributed by atoms with van der Waals surface area (Å²) >= 11 is 1.64. The molecule has 1 heterocycles. The molecule has 0 aliphatic carbocycles. The fraction of sp³-hybridized carbons (Fsp3) is 0.400. The van der Waals surface area contributed by atoms with Crippen LogP contribution >= 0.6 is 23.5 Å². The molecule has 6 nitrogen and oxygen atoms in total.